The predicted molar refractivity (Wildman–Crippen MR) is 161 cm³/mol. The number of benzene rings is 5. The van der Waals surface area contributed by atoms with Crippen molar-refractivity contribution in [3.63, 3.8) is 0 Å². The zero-order valence-corrected chi connectivity index (χ0v) is 22.2. The first-order chi connectivity index (χ1) is 19.6. The molecule has 0 bridgehead atoms. The maximum absolute atomic E-state index is 13.1. The average molecular weight is 519 g/mol. The molecule has 5 heteroatoms. The number of carbonyl (C=O) groups is 1. The lowest BCUT2D eigenvalue weighted by Gasteiger charge is -2.12. The Balaban J connectivity index is 1.32. The first-order valence-electron chi connectivity index (χ1n) is 13.3. The summed E-state index contributed by atoms with van der Waals surface area (Å²) in [7, 11) is 2.05. The van der Waals surface area contributed by atoms with Crippen molar-refractivity contribution in [2.75, 3.05) is 0 Å². The lowest BCUT2D eigenvalue weighted by Crippen LogP contribution is -2.03. The van der Waals surface area contributed by atoms with Crippen LogP contribution in [0.25, 0.3) is 50.5 Å². The largest absolute Gasteiger partial charge is 0.327 e. The molecule has 0 N–H and O–H groups in total. The maximum Gasteiger partial charge on any atom is 0.193 e. The molecule has 0 saturated carbocycles. The normalized spacial score (nSPS) is 11.3. The number of rotatable bonds is 5. The van der Waals surface area contributed by atoms with Crippen LogP contribution in [0.4, 0.5) is 0 Å². The van der Waals surface area contributed by atoms with Crippen molar-refractivity contribution in [2.24, 2.45) is 7.05 Å². The van der Waals surface area contributed by atoms with E-state index in [1.54, 1.807) is 0 Å². The Morgan fingerprint density at radius 3 is 1.82 bits per heavy atom. The van der Waals surface area contributed by atoms with Crippen LogP contribution in [0.1, 0.15) is 21.5 Å². The third kappa shape index (κ3) is 4.00. The van der Waals surface area contributed by atoms with Crippen molar-refractivity contribution in [2.45, 2.75) is 6.92 Å². The van der Waals surface area contributed by atoms with Gasteiger partial charge in [-0.1, -0.05) is 72.3 Å². The Hall–Kier alpha value is -5.29. The van der Waals surface area contributed by atoms with E-state index in [-0.39, 0.29) is 5.78 Å². The molecule has 0 radical (unpaired) electrons. The van der Waals surface area contributed by atoms with E-state index in [1.807, 2.05) is 98.9 Å². The van der Waals surface area contributed by atoms with E-state index in [1.165, 1.54) is 0 Å². The number of carbonyl (C=O) groups excluding carboxylic acids is 1. The molecule has 0 unspecified atom stereocenters. The van der Waals surface area contributed by atoms with Crippen LogP contribution in [0, 0.1) is 6.92 Å². The second-order valence-corrected chi connectivity index (χ2v) is 10.1. The average Bonchev–Trinajstić information content (AvgIpc) is 3.56. The second kappa shape index (κ2) is 9.47. The first-order valence-corrected chi connectivity index (χ1v) is 13.3. The summed E-state index contributed by atoms with van der Waals surface area (Å²) in [6, 6.07) is 40.1. The fourth-order valence-corrected chi connectivity index (χ4v) is 5.32. The maximum atomic E-state index is 13.1. The molecule has 0 aliphatic carbocycles. The number of hydrogen-bond donors (Lipinski definition) is 0. The van der Waals surface area contributed by atoms with Crippen molar-refractivity contribution in [3.8, 4) is 28.5 Å². The van der Waals surface area contributed by atoms with E-state index in [4.69, 9.17) is 9.97 Å². The SMILES string of the molecule is Cc1ccc(C(=O)c2ccc(-n3c(-c4cccc(-c5nc6ccccc6n5C)c4)nc4ccccc43)cc2)cc1. The molecular weight excluding hydrogens is 492 g/mol. The van der Waals surface area contributed by atoms with E-state index < -0.39 is 0 Å². The molecule has 192 valence electrons. The summed E-state index contributed by atoms with van der Waals surface area (Å²) in [4.78, 5) is 23.0. The highest BCUT2D eigenvalue weighted by atomic mass is 16.1. The zero-order valence-electron chi connectivity index (χ0n) is 22.2. The Morgan fingerprint density at radius 2 is 1.15 bits per heavy atom. The van der Waals surface area contributed by atoms with Crippen molar-refractivity contribution >= 4 is 27.9 Å². The molecule has 0 aliphatic rings. The number of para-hydroxylation sites is 4. The molecule has 7 rings (SSSR count). The molecule has 5 aromatic carbocycles. The number of nitrogens with zero attached hydrogens (tertiary/aromatic N) is 4. The van der Waals surface area contributed by atoms with Crippen molar-refractivity contribution in [1.29, 1.82) is 0 Å². The number of ketones is 1. The number of aromatic nitrogens is 4. The van der Waals surface area contributed by atoms with Crippen LogP contribution < -0.4 is 0 Å². The third-order valence-electron chi connectivity index (χ3n) is 7.43. The van der Waals surface area contributed by atoms with Gasteiger partial charge >= 0.3 is 0 Å². The highest BCUT2D eigenvalue weighted by Gasteiger charge is 2.17. The van der Waals surface area contributed by atoms with Gasteiger partial charge in [-0.15, -0.1) is 0 Å². The van der Waals surface area contributed by atoms with Gasteiger partial charge in [0, 0.05) is 35.0 Å². The van der Waals surface area contributed by atoms with E-state index in [0.717, 1.165) is 56.1 Å². The summed E-state index contributed by atoms with van der Waals surface area (Å²) in [6.45, 7) is 2.02. The minimum Gasteiger partial charge on any atom is -0.327 e. The number of imidazole rings is 2. The molecule has 2 aromatic heterocycles. The molecule has 0 aliphatic heterocycles. The fraction of sp³-hybridized carbons (Fsp3) is 0.0571. The topological polar surface area (TPSA) is 52.7 Å². The van der Waals surface area contributed by atoms with Crippen LogP contribution in [0.3, 0.4) is 0 Å². The highest BCUT2D eigenvalue weighted by molar-refractivity contribution is 6.09. The summed E-state index contributed by atoms with van der Waals surface area (Å²) in [5.74, 6) is 1.75. The summed E-state index contributed by atoms with van der Waals surface area (Å²) < 4.78 is 4.28. The molecule has 2 heterocycles. The standard InChI is InChI=1S/C35H26N4O/c1-23-14-16-24(17-15-23)33(40)25-18-20-28(21-19-25)39-32-13-6-4-11-30(32)37-35(39)27-9-7-8-26(22-27)34-36-29-10-3-5-12-31(29)38(34)2/h3-22H,1-2H3. The van der Waals surface area contributed by atoms with Gasteiger partial charge in [0.1, 0.15) is 11.6 Å². The molecule has 0 atom stereocenters. The van der Waals surface area contributed by atoms with Crippen LogP contribution in [0.15, 0.2) is 121 Å². The van der Waals surface area contributed by atoms with Crippen LogP contribution >= 0.6 is 0 Å². The van der Waals surface area contributed by atoms with Crippen molar-refractivity contribution in [1.82, 2.24) is 19.1 Å². The van der Waals surface area contributed by atoms with Crippen LogP contribution in [-0.2, 0) is 7.05 Å². The Bertz CT molecular complexity index is 2030. The lowest BCUT2D eigenvalue weighted by atomic mass is 10.0. The van der Waals surface area contributed by atoms with Gasteiger partial charge in [0.15, 0.2) is 5.78 Å². The van der Waals surface area contributed by atoms with Crippen LogP contribution in [0.5, 0.6) is 0 Å². The van der Waals surface area contributed by atoms with E-state index in [9.17, 15) is 4.79 Å². The van der Waals surface area contributed by atoms with Crippen LogP contribution in [-0.4, -0.2) is 24.9 Å². The van der Waals surface area contributed by atoms with Gasteiger partial charge < -0.3 is 4.57 Å². The van der Waals surface area contributed by atoms with Gasteiger partial charge in [0.2, 0.25) is 0 Å². The minimum absolute atomic E-state index is 0.0115. The van der Waals surface area contributed by atoms with Crippen molar-refractivity contribution in [3.05, 3.63) is 138 Å². The van der Waals surface area contributed by atoms with Crippen molar-refractivity contribution < 1.29 is 4.79 Å². The third-order valence-corrected chi connectivity index (χ3v) is 7.43. The van der Waals surface area contributed by atoms with Gasteiger partial charge in [0.25, 0.3) is 0 Å². The summed E-state index contributed by atoms with van der Waals surface area (Å²) in [5, 5.41) is 0. The van der Waals surface area contributed by atoms with Gasteiger partial charge in [-0.3, -0.25) is 9.36 Å². The monoisotopic (exact) mass is 518 g/mol. The molecule has 0 amide bonds. The first kappa shape index (κ1) is 23.8. The zero-order chi connectivity index (χ0) is 27.2. The van der Waals surface area contributed by atoms with Gasteiger partial charge in [-0.25, -0.2) is 9.97 Å². The van der Waals surface area contributed by atoms with Crippen LogP contribution in [0.2, 0.25) is 0 Å². The lowest BCUT2D eigenvalue weighted by molar-refractivity contribution is 0.103. The van der Waals surface area contributed by atoms with Gasteiger partial charge in [0.05, 0.1) is 22.1 Å². The fourth-order valence-electron chi connectivity index (χ4n) is 5.32. The molecule has 5 nitrogen and oxygen atoms in total. The Morgan fingerprint density at radius 1 is 0.600 bits per heavy atom. The minimum atomic E-state index is 0.0115. The second-order valence-electron chi connectivity index (χ2n) is 10.1. The molecule has 0 saturated heterocycles. The van der Waals surface area contributed by atoms with Gasteiger partial charge in [-0.05, 0) is 61.5 Å². The summed E-state index contributed by atoms with van der Waals surface area (Å²) in [5.41, 5.74) is 9.40. The van der Waals surface area contributed by atoms with Gasteiger partial charge in [-0.2, -0.15) is 0 Å². The van der Waals surface area contributed by atoms with E-state index >= 15 is 0 Å². The van der Waals surface area contributed by atoms with E-state index in [2.05, 4.69) is 45.5 Å². The quantitative estimate of drug-likeness (QED) is 0.219. The highest BCUT2D eigenvalue weighted by Crippen LogP contribution is 2.32. The van der Waals surface area contributed by atoms with E-state index in [0.29, 0.717) is 11.1 Å². The summed E-state index contributed by atoms with van der Waals surface area (Å²) in [6.07, 6.45) is 0. The molecule has 7 aromatic rings. The molecule has 0 spiro atoms. The Labute approximate surface area is 232 Å². The smallest absolute Gasteiger partial charge is 0.193 e. The number of fused-ring (bicyclic) bond motifs is 2. The predicted octanol–water partition coefficient (Wildman–Crippen LogP) is 7.79. The molecule has 0 fully saturated rings. The summed E-state index contributed by atoms with van der Waals surface area (Å²) >= 11 is 0. The molecular formula is C35H26N4O. The molecule has 40 heavy (non-hydrogen) atoms. The number of aryl methyl sites for hydroxylation is 2. The Kier molecular flexibility index (Phi) is 5.64. The number of hydrogen-bond acceptors (Lipinski definition) is 3.